The van der Waals surface area contributed by atoms with Gasteiger partial charge in [0.1, 0.15) is 11.5 Å². The Balaban J connectivity index is 1.20. The van der Waals surface area contributed by atoms with Crippen LogP contribution in [0.25, 0.3) is 11.5 Å². The monoisotopic (exact) mass is 480 g/mol. The third kappa shape index (κ3) is 6.09. The van der Waals surface area contributed by atoms with E-state index in [0.29, 0.717) is 49.9 Å². The van der Waals surface area contributed by atoms with Gasteiger partial charge in [-0.2, -0.15) is 5.10 Å². The van der Waals surface area contributed by atoms with Gasteiger partial charge in [0.2, 0.25) is 11.7 Å². The number of thioether (sulfide) groups is 1. The molecule has 2 aromatic heterocycles. The molecule has 3 heterocycles. The normalized spacial score (nSPS) is 16.9. The second-order valence-corrected chi connectivity index (χ2v) is 9.39. The van der Waals surface area contributed by atoms with Gasteiger partial charge in [0.15, 0.2) is 16.0 Å². The van der Waals surface area contributed by atoms with Crippen molar-refractivity contribution in [1.29, 1.82) is 0 Å². The average molecular weight is 481 g/mol. The number of aromatic nitrogens is 4. The number of ether oxygens (including phenoxy) is 1. The Morgan fingerprint density at radius 2 is 2.25 bits per heavy atom. The fraction of sp³-hybridized carbons (Fsp3) is 0.400. The van der Waals surface area contributed by atoms with Crippen LogP contribution >= 0.6 is 23.1 Å². The highest BCUT2D eigenvalue weighted by molar-refractivity contribution is 8.01. The summed E-state index contributed by atoms with van der Waals surface area (Å²) in [5, 5.41) is 11.6. The Hall–Kier alpha value is -2.41. The Morgan fingerprint density at radius 3 is 3.03 bits per heavy atom. The number of aromatic amines is 1. The van der Waals surface area contributed by atoms with E-state index in [1.807, 2.05) is 12.3 Å². The number of amides is 1. The molecule has 1 unspecified atom stereocenters. The summed E-state index contributed by atoms with van der Waals surface area (Å²) in [6, 6.07) is 3.93. The van der Waals surface area contributed by atoms with Crippen LogP contribution in [-0.2, 0) is 16.1 Å². The molecule has 1 amide bonds. The summed E-state index contributed by atoms with van der Waals surface area (Å²) in [5.74, 6) is -0.309. The summed E-state index contributed by atoms with van der Waals surface area (Å²) < 4.78 is 33.0. The number of benzene rings is 1. The van der Waals surface area contributed by atoms with Crippen molar-refractivity contribution in [1.82, 2.24) is 30.4 Å². The lowest BCUT2D eigenvalue weighted by Gasteiger charge is -2.33. The van der Waals surface area contributed by atoms with Gasteiger partial charge in [-0.05, 0) is 24.6 Å². The molecule has 32 heavy (non-hydrogen) atoms. The number of carbonyl (C=O) groups is 1. The first-order chi connectivity index (χ1) is 15.5. The number of H-pyrrole nitrogens is 1. The van der Waals surface area contributed by atoms with E-state index in [-0.39, 0.29) is 17.8 Å². The van der Waals surface area contributed by atoms with Gasteiger partial charge in [-0.3, -0.25) is 14.8 Å². The van der Waals surface area contributed by atoms with Gasteiger partial charge in [0.25, 0.3) is 0 Å². The van der Waals surface area contributed by atoms with Crippen LogP contribution in [0.2, 0.25) is 0 Å². The van der Waals surface area contributed by atoms with Crippen LogP contribution in [-0.4, -0.2) is 69.1 Å². The van der Waals surface area contributed by atoms with E-state index in [0.717, 1.165) is 16.2 Å². The van der Waals surface area contributed by atoms with Crippen LogP contribution in [0, 0.1) is 18.6 Å². The molecule has 0 aliphatic carbocycles. The number of hydrogen-bond acceptors (Lipinski definition) is 8. The number of carbonyl (C=O) groups excluding carboxylic acids is 1. The summed E-state index contributed by atoms with van der Waals surface area (Å²) in [5.41, 5.74) is 1.38. The second kappa shape index (κ2) is 10.5. The molecule has 1 atom stereocenters. The van der Waals surface area contributed by atoms with E-state index in [9.17, 15) is 13.6 Å². The zero-order valence-electron chi connectivity index (χ0n) is 17.3. The lowest BCUT2D eigenvalue weighted by Crippen LogP contribution is -2.47. The molecule has 8 nitrogen and oxygen atoms in total. The number of morpholine rings is 1. The Bertz CT molecular complexity index is 1080. The summed E-state index contributed by atoms with van der Waals surface area (Å²) in [6.45, 7) is 4.50. The third-order valence-electron chi connectivity index (χ3n) is 4.78. The first kappa shape index (κ1) is 22.8. The lowest BCUT2D eigenvalue weighted by atomic mass is 10.1. The molecule has 0 bridgehead atoms. The maximum Gasteiger partial charge on any atom is 0.230 e. The maximum atomic E-state index is 13.4. The largest absolute Gasteiger partial charge is 0.374 e. The SMILES string of the molecule is Cc1nc(-c2csc(SCC(=O)NCC3CN(Cc4ccc(F)c(F)c4)CCO3)n2)n[nH]1. The van der Waals surface area contributed by atoms with Gasteiger partial charge in [-0.15, -0.1) is 11.3 Å². The van der Waals surface area contributed by atoms with Crippen molar-refractivity contribution >= 4 is 29.0 Å². The smallest absolute Gasteiger partial charge is 0.230 e. The zero-order valence-corrected chi connectivity index (χ0v) is 18.9. The summed E-state index contributed by atoms with van der Waals surface area (Å²) >= 11 is 2.80. The van der Waals surface area contributed by atoms with Crippen LogP contribution in [0.3, 0.4) is 0 Å². The van der Waals surface area contributed by atoms with Crippen molar-refractivity contribution < 1.29 is 18.3 Å². The number of aryl methyl sites for hydroxylation is 1. The molecule has 12 heteroatoms. The highest BCUT2D eigenvalue weighted by atomic mass is 32.2. The average Bonchev–Trinajstić information content (AvgIpc) is 3.42. The molecule has 1 saturated heterocycles. The molecule has 1 aliphatic heterocycles. The number of rotatable bonds is 8. The predicted octanol–water partition coefficient (Wildman–Crippen LogP) is 2.62. The third-order valence-corrected chi connectivity index (χ3v) is 6.80. The van der Waals surface area contributed by atoms with Gasteiger partial charge >= 0.3 is 0 Å². The fourth-order valence-electron chi connectivity index (χ4n) is 3.23. The van der Waals surface area contributed by atoms with Crippen LogP contribution in [0.4, 0.5) is 8.78 Å². The number of halogens is 2. The van der Waals surface area contributed by atoms with Crippen LogP contribution in [0.5, 0.6) is 0 Å². The van der Waals surface area contributed by atoms with Crippen LogP contribution < -0.4 is 5.32 Å². The summed E-state index contributed by atoms with van der Waals surface area (Å²) in [4.78, 5) is 23.1. The maximum absolute atomic E-state index is 13.4. The minimum atomic E-state index is -0.851. The summed E-state index contributed by atoms with van der Waals surface area (Å²) in [6.07, 6.45) is -0.163. The molecule has 1 aromatic carbocycles. The molecule has 4 rings (SSSR count). The van der Waals surface area contributed by atoms with E-state index in [1.54, 1.807) is 6.07 Å². The molecule has 0 saturated carbocycles. The highest BCUT2D eigenvalue weighted by Crippen LogP contribution is 2.26. The van der Waals surface area contributed by atoms with Gasteiger partial charge in [-0.1, -0.05) is 17.8 Å². The quantitative estimate of drug-likeness (QED) is 0.479. The van der Waals surface area contributed by atoms with Crippen molar-refractivity contribution in [2.75, 3.05) is 32.0 Å². The van der Waals surface area contributed by atoms with E-state index >= 15 is 0 Å². The second-order valence-electron chi connectivity index (χ2n) is 7.31. The Kier molecular flexibility index (Phi) is 7.45. The first-order valence-electron chi connectivity index (χ1n) is 9.98. The fourth-order valence-corrected chi connectivity index (χ4v) is 4.87. The topological polar surface area (TPSA) is 96.0 Å². The first-order valence-corrected chi connectivity index (χ1v) is 11.8. The van der Waals surface area contributed by atoms with Gasteiger partial charge in [0.05, 0.1) is 18.5 Å². The minimum absolute atomic E-state index is 0.109. The number of nitrogens with one attached hydrogen (secondary N) is 2. The number of hydrogen-bond donors (Lipinski definition) is 2. The van der Waals surface area contributed by atoms with E-state index < -0.39 is 11.6 Å². The molecular formula is C20H22F2N6O2S2. The van der Waals surface area contributed by atoms with Gasteiger partial charge in [0, 0.05) is 31.6 Å². The number of thiazole rings is 1. The van der Waals surface area contributed by atoms with Crippen LogP contribution in [0.15, 0.2) is 27.9 Å². The molecule has 0 radical (unpaired) electrons. The summed E-state index contributed by atoms with van der Waals surface area (Å²) in [7, 11) is 0. The van der Waals surface area contributed by atoms with E-state index in [4.69, 9.17) is 4.74 Å². The molecule has 1 fully saturated rings. The van der Waals surface area contributed by atoms with Crippen molar-refractivity contribution in [3.63, 3.8) is 0 Å². The molecule has 0 spiro atoms. The van der Waals surface area contributed by atoms with Crippen molar-refractivity contribution in [3.8, 4) is 11.5 Å². The van der Waals surface area contributed by atoms with Gasteiger partial charge < -0.3 is 10.1 Å². The molecule has 3 aromatic rings. The molecule has 1 aliphatic rings. The molecular weight excluding hydrogens is 458 g/mol. The lowest BCUT2D eigenvalue weighted by molar-refractivity contribution is -0.119. The van der Waals surface area contributed by atoms with Crippen molar-refractivity contribution in [2.45, 2.75) is 23.9 Å². The van der Waals surface area contributed by atoms with E-state index in [1.165, 1.54) is 29.2 Å². The van der Waals surface area contributed by atoms with Crippen molar-refractivity contribution in [2.24, 2.45) is 0 Å². The molecule has 2 N–H and O–H groups in total. The zero-order chi connectivity index (χ0) is 22.5. The van der Waals surface area contributed by atoms with Gasteiger partial charge in [-0.25, -0.2) is 18.7 Å². The van der Waals surface area contributed by atoms with Crippen molar-refractivity contribution in [3.05, 3.63) is 46.6 Å². The predicted molar refractivity (Wildman–Crippen MR) is 117 cm³/mol. The Labute approximate surface area is 191 Å². The molecule has 170 valence electrons. The minimum Gasteiger partial charge on any atom is -0.374 e. The standard InChI is InChI=1S/C20H22F2N6O2S2/c1-12-24-19(27-26-12)17-10-31-20(25-17)32-11-18(29)23-7-14-9-28(4-5-30-14)8-13-2-3-15(21)16(22)6-13/h2-3,6,10,14H,4-5,7-9,11H2,1H3,(H,23,29)(H,24,26,27). The van der Waals surface area contributed by atoms with Crippen LogP contribution in [0.1, 0.15) is 11.4 Å². The Morgan fingerprint density at radius 1 is 1.38 bits per heavy atom. The highest BCUT2D eigenvalue weighted by Gasteiger charge is 2.21. The van der Waals surface area contributed by atoms with E-state index in [2.05, 4.69) is 30.4 Å². The number of nitrogens with zero attached hydrogens (tertiary/aromatic N) is 4.